The number of amides is 2. The van der Waals surface area contributed by atoms with E-state index < -0.39 is 0 Å². The minimum absolute atomic E-state index is 0.0240. The fourth-order valence-corrected chi connectivity index (χ4v) is 5.65. The first-order chi connectivity index (χ1) is 15.1. The maximum atomic E-state index is 13.0. The van der Waals surface area contributed by atoms with E-state index in [4.69, 9.17) is 4.74 Å². The Balaban J connectivity index is 1.41. The fourth-order valence-electron chi connectivity index (χ4n) is 4.97. The number of nitrogens with one attached hydrogen (secondary N) is 1. The number of thiophene rings is 1. The molecule has 2 saturated heterocycles. The van der Waals surface area contributed by atoms with Crippen molar-refractivity contribution in [1.29, 1.82) is 0 Å². The van der Waals surface area contributed by atoms with Crippen LogP contribution < -0.4 is 10.1 Å². The highest BCUT2D eigenvalue weighted by Crippen LogP contribution is 2.35. The second-order valence-electron chi connectivity index (χ2n) is 8.48. The molecule has 7 heteroatoms. The summed E-state index contributed by atoms with van der Waals surface area (Å²) in [6.45, 7) is 2.32. The molecular formula is C24H31N3O3S. The second-order valence-corrected chi connectivity index (χ2v) is 9.43. The van der Waals surface area contributed by atoms with Crippen molar-refractivity contribution in [2.24, 2.45) is 5.92 Å². The second kappa shape index (κ2) is 9.83. The molecule has 2 aliphatic rings. The zero-order chi connectivity index (χ0) is 21.8. The van der Waals surface area contributed by atoms with Crippen molar-refractivity contribution in [2.45, 2.75) is 37.8 Å². The van der Waals surface area contributed by atoms with Crippen molar-refractivity contribution in [3.63, 3.8) is 0 Å². The van der Waals surface area contributed by atoms with Gasteiger partial charge in [0.05, 0.1) is 12.0 Å². The number of nitrogens with zero attached hydrogens (tertiary/aromatic N) is 2. The van der Waals surface area contributed by atoms with Crippen LogP contribution in [0.3, 0.4) is 0 Å². The standard InChI is InChI=1S/C24H31N3O3S/c1-26-13-3-6-18(22(26)17-9-11-19(30-2)12-10-17)16-25-23(28)20-7-4-14-27(20)24(29)21-8-5-15-31-21/h5,8-12,15,18,20,22H,3-4,6-7,13-14,16H2,1-2H3,(H,25,28)/t18?,20-,22?/m0/s1. The van der Waals surface area contributed by atoms with Gasteiger partial charge in [-0.2, -0.15) is 0 Å². The quantitative estimate of drug-likeness (QED) is 0.745. The smallest absolute Gasteiger partial charge is 0.264 e. The van der Waals surface area contributed by atoms with Crippen LogP contribution >= 0.6 is 11.3 Å². The summed E-state index contributed by atoms with van der Waals surface area (Å²) >= 11 is 1.43. The van der Waals surface area contributed by atoms with Crippen molar-refractivity contribution < 1.29 is 14.3 Å². The summed E-state index contributed by atoms with van der Waals surface area (Å²) < 4.78 is 5.30. The first-order valence-corrected chi connectivity index (χ1v) is 11.9. The van der Waals surface area contributed by atoms with Gasteiger partial charge in [0, 0.05) is 19.1 Å². The predicted octanol–water partition coefficient (Wildman–Crippen LogP) is 3.56. The van der Waals surface area contributed by atoms with Crippen molar-refractivity contribution in [1.82, 2.24) is 15.1 Å². The molecule has 4 rings (SSSR count). The molecule has 3 atom stereocenters. The Kier molecular flexibility index (Phi) is 6.92. The van der Waals surface area contributed by atoms with Gasteiger partial charge in [-0.15, -0.1) is 11.3 Å². The van der Waals surface area contributed by atoms with Gasteiger partial charge in [-0.05, 0) is 74.3 Å². The molecule has 2 aliphatic heterocycles. The largest absolute Gasteiger partial charge is 0.497 e. The lowest BCUT2D eigenvalue weighted by Crippen LogP contribution is -2.48. The molecular weight excluding hydrogens is 410 g/mol. The third kappa shape index (κ3) is 4.77. The summed E-state index contributed by atoms with van der Waals surface area (Å²) in [7, 11) is 3.83. The van der Waals surface area contributed by atoms with Crippen LogP contribution in [0.1, 0.15) is 47.0 Å². The van der Waals surface area contributed by atoms with Crippen molar-refractivity contribution in [3.8, 4) is 5.75 Å². The van der Waals surface area contributed by atoms with Gasteiger partial charge in [-0.1, -0.05) is 18.2 Å². The number of benzene rings is 1. The Morgan fingerprint density at radius 1 is 1.13 bits per heavy atom. The number of methoxy groups -OCH3 is 1. The van der Waals surface area contributed by atoms with Crippen LogP contribution in [0.2, 0.25) is 0 Å². The minimum Gasteiger partial charge on any atom is -0.497 e. The highest BCUT2D eigenvalue weighted by Gasteiger charge is 2.36. The molecule has 0 spiro atoms. The van der Waals surface area contributed by atoms with Gasteiger partial charge in [0.15, 0.2) is 0 Å². The van der Waals surface area contributed by atoms with E-state index >= 15 is 0 Å². The number of hydrogen-bond acceptors (Lipinski definition) is 5. The molecule has 0 saturated carbocycles. The Bertz CT molecular complexity index is 884. The van der Waals surface area contributed by atoms with E-state index in [9.17, 15) is 9.59 Å². The van der Waals surface area contributed by atoms with Crippen LogP contribution in [0.15, 0.2) is 41.8 Å². The van der Waals surface area contributed by atoms with E-state index in [1.165, 1.54) is 16.9 Å². The van der Waals surface area contributed by atoms with Gasteiger partial charge < -0.3 is 15.0 Å². The number of ether oxygens (including phenoxy) is 1. The van der Waals surface area contributed by atoms with Crippen LogP contribution in [-0.2, 0) is 4.79 Å². The van der Waals surface area contributed by atoms with E-state index in [2.05, 4.69) is 29.4 Å². The van der Waals surface area contributed by atoms with Crippen molar-refractivity contribution in [3.05, 3.63) is 52.2 Å². The van der Waals surface area contributed by atoms with Crippen molar-refractivity contribution >= 4 is 23.2 Å². The number of piperidine rings is 1. The zero-order valence-electron chi connectivity index (χ0n) is 18.3. The lowest BCUT2D eigenvalue weighted by molar-refractivity contribution is -0.125. The number of likely N-dealkylation sites (tertiary alicyclic amines) is 2. The number of rotatable bonds is 6. The SMILES string of the molecule is COc1ccc(C2C(CNC(=O)[C@@H]3CCCN3C(=O)c3cccs3)CCCN2C)cc1. The Labute approximate surface area is 188 Å². The number of hydrogen-bond donors (Lipinski definition) is 1. The predicted molar refractivity (Wildman–Crippen MR) is 122 cm³/mol. The summed E-state index contributed by atoms with van der Waals surface area (Å²) in [6, 6.07) is 11.8. The Hall–Kier alpha value is -2.38. The average Bonchev–Trinajstić information content (AvgIpc) is 3.50. The average molecular weight is 442 g/mol. The maximum Gasteiger partial charge on any atom is 0.264 e. The molecule has 0 aliphatic carbocycles. The molecule has 2 unspecified atom stereocenters. The van der Waals surface area contributed by atoms with Crippen LogP contribution in [0.25, 0.3) is 0 Å². The van der Waals surface area contributed by atoms with Gasteiger partial charge in [0.2, 0.25) is 5.91 Å². The van der Waals surface area contributed by atoms with Crippen molar-refractivity contribution in [2.75, 3.05) is 33.8 Å². The topological polar surface area (TPSA) is 61.9 Å². The molecule has 2 aromatic rings. The van der Waals surface area contributed by atoms with Gasteiger partial charge in [-0.3, -0.25) is 14.5 Å². The normalized spacial score (nSPS) is 24.2. The zero-order valence-corrected chi connectivity index (χ0v) is 19.1. The monoisotopic (exact) mass is 441 g/mol. The van der Waals surface area contributed by atoms with E-state index in [0.717, 1.165) is 38.0 Å². The summed E-state index contributed by atoms with van der Waals surface area (Å²) in [5, 5.41) is 5.09. The first kappa shape index (κ1) is 21.8. The summed E-state index contributed by atoms with van der Waals surface area (Å²) in [5.41, 5.74) is 1.25. The van der Waals surface area contributed by atoms with E-state index in [1.54, 1.807) is 12.0 Å². The van der Waals surface area contributed by atoms with Crippen LogP contribution in [0, 0.1) is 5.92 Å². The summed E-state index contributed by atoms with van der Waals surface area (Å²) in [6.07, 6.45) is 3.80. The fraction of sp³-hybridized carbons (Fsp3) is 0.500. The third-order valence-electron chi connectivity index (χ3n) is 6.55. The maximum absolute atomic E-state index is 13.0. The molecule has 0 radical (unpaired) electrons. The molecule has 0 bridgehead atoms. The third-order valence-corrected chi connectivity index (χ3v) is 7.41. The molecule has 31 heavy (non-hydrogen) atoms. The molecule has 2 fully saturated rings. The highest BCUT2D eigenvalue weighted by atomic mass is 32.1. The van der Waals surface area contributed by atoms with Crippen LogP contribution in [0.4, 0.5) is 0 Å². The molecule has 6 nitrogen and oxygen atoms in total. The lowest BCUT2D eigenvalue weighted by Gasteiger charge is -2.40. The lowest BCUT2D eigenvalue weighted by atomic mass is 9.84. The molecule has 1 aromatic heterocycles. The highest BCUT2D eigenvalue weighted by molar-refractivity contribution is 7.12. The van der Waals surface area contributed by atoms with Crippen LogP contribution in [0.5, 0.6) is 5.75 Å². The number of carbonyl (C=O) groups is 2. The molecule has 2 amide bonds. The first-order valence-electron chi connectivity index (χ1n) is 11.0. The summed E-state index contributed by atoms with van der Waals surface area (Å²) in [4.78, 5) is 30.7. The minimum atomic E-state index is -0.365. The van der Waals surface area contributed by atoms with Crippen LogP contribution in [-0.4, -0.2) is 61.4 Å². The van der Waals surface area contributed by atoms with E-state index in [-0.39, 0.29) is 23.9 Å². The van der Waals surface area contributed by atoms with Gasteiger partial charge in [0.1, 0.15) is 11.8 Å². The Morgan fingerprint density at radius 3 is 2.61 bits per heavy atom. The molecule has 1 aromatic carbocycles. The molecule has 3 heterocycles. The van der Waals surface area contributed by atoms with Gasteiger partial charge in [0.25, 0.3) is 5.91 Å². The molecule has 166 valence electrons. The summed E-state index contributed by atoms with van der Waals surface area (Å²) in [5.74, 6) is 1.13. The van der Waals surface area contributed by atoms with Gasteiger partial charge >= 0.3 is 0 Å². The van der Waals surface area contributed by atoms with Gasteiger partial charge in [-0.25, -0.2) is 0 Å². The molecule has 1 N–H and O–H groups in total. The number of carbonyl (C=O) groups excluding carboxylic acids is 2. The van der Waals surface area contributed by atoms with E-state index in [1.807, 2.05) is 29.6 Å². The van der Waals surface area contributed by atoms with E-state index in [0.29, 0.717) is 23.9 Å². The Morgan fingerprint density at radius 2 is 1.90 bits per heavy atom.